The van der Waals surface area contributed by atoms with Crippen LogP contribution in [-0.4, -0.2) is 34.1 Å². The van der Waals surface area contributed by atoms with E-state index in [4.69, 9.17) is 14.2 Å². The molecule has 0 saturated carbocycles. The van der Waals surface area contributed by atoms with Crippen molar-refractivity contribution in [2.24, 2.45) is 0 Å². The first-order valence-electron chi connectivity index (χ1n) is 7.53. The maximum absolute atomic E-state index is 13.0. The van der Waals surface area contributed by atoms with Gasteiger partial charge in [0.15, 0.2) is 18.1 Å². The molecule has 138 valence electrons. The molecule has 2 aromatic rings. The molecular weight excluding hydrogens is 367 g/mol. The molecule has 3 rings (SSSR count). The number of ether oxygens (including phenoxy) is 3. The predicted molar refractivity (Wildman–Crippen MR) is 87.8 cm³/mol. The number of halogens is 1. The molecule has 1 amide bonds. The van der Waals surface area contributed by atoms with Gasteiger partial charge in [-0.3, -0.25) is 10.2 Å². The first-order chi connectivity index (χ1) is 12.4. The van der Waals surface area contributed by atoms with Gasteiger partial charge in [-0.25, -0.2) is 12.8 Å². The van der Waals surface area contributed by atoms with Crippen LogP contribution in [0, 0.1) is 5.82 Å². The average Bonchev–Trinajstić information content (AvgIpc) is 2.64. The van der Waals surface area contributed by atoms with E-state index in [1.165, 1.54) is 36.4 Å². The molecule has 0 unspecified atom stereocenters. The van der Waals surface area contributed by atoms with Crippen molar-refractivity contribution in [1.29, 1.82) is 0 Å². The smallest absolute Gasteiger partial charge is 0.272 e. The van der Waals surface area contributed by atoms with Crippen molar-refractivity contribution >= 4 is 15.9 Å². The molecule has 0 saturated heterocycles. The van der Waals surface area contributed by atoms with Gasteiger partial charge in [0.25, 0.3) is 15.9 Å². The van der Waals surface area contributed by atoms with Gasteiger partial charge in [0.1, 0.15) is 24.8 Å². The third-order valence-corrected chi connectivity index (χ3v) is 4.56. The van der Waals surface area contributed by atoms with Crippen molar-refractivity contribution in [3.05, 3.63) is 48.3 Å². The van der Waals surface area contributed by atoms with Crippen molar-refractivity contribution in [3.8, 4) is 17.2 Å². The number of carbonyl (C=O) groups is 1. The van der Waals surface area contributed by atoms with Gasteiger partial charge in [-0.1, -0.05) is 6.07 Å². The van der Waals surface area contributed by atoms with Crippen molar-refractivity contribution in [1.82, 2.24) is 10.3 Å². The zero-order valence-corrected chi connectivity index (χ0v) is 14.2. The van der Waals surface area contributed by atoms with Crippen LogP contribution in [-0.2, 0) is 14.8 Å². The molecule has 10 heteroatoms. The van der Waals surface area contributed by atoms with E-state index in [1.807, 2.05) is 10.3 Å². The van der Waals surface area contributed by atoms with Gasteiger partial charge >= 0.3 is 0 Å². The van der Waals surface area contributed by atoms with Crippen LogP contribution in [0.1, 0.15) is 0 Å². The molecule has 8 nitrogen and oxygen atoms in total. The fourth-order valence-corrected chi connectivity index (χ4v) is 2.99. The van der Waals surface area contributed by atoms with Crippen molar-refractivity contribution in [2.45, 2.75) is 4.90 Å². The van der Waals surface area contributed by atoms with Gasteiger partial charge in [-0.05, 0) is 24.3 Å². The molecule has 0 aromatic heterocycles. The zero-order valence-electron chi connectivity index (χ0n) is 13.4. The zero-order chi connectivity index (χ0) is 18.6. The van der Waals surface area contributed by atoms with Crippen molar-refractivity contribution in [2.75, 3.05) is 19.8 Å². The highest BCUT2D eigenvalue weighted by Crippen LogP contribution is 2.31. The molecule has 0 fully saturated rings. The number of fused-ring (bicyclic) bond motifs is 1. The Morgan fingerprint density at radius 3 is 2.65 bits per heavy atom. The molecule has 0 spiro atoms. The Balaban J connectivity index is 1.57. The minimum absolute atomic E-state index is 0.104. The van der Waals surface area contributed by atoms with E-state index >= 15 is 0 Å². The van der Waals surface area contributed by atoms with E-state index in [1.54, 1.807) is 0 Å². The molecule has 0 atom stereocenters. The Morgan fingerprint density at radius 1 is 1.12 bits per heavy atom. The minimum atomic E-state index is -4.01. The average molecular weight is 382 g/mol. The fraction of sp³-hybridized carbons (Fsp3) is 0.188. The number of hydrazine groups is 1. The lowest BCUT2D eigenvalue weighted by atomic mass is 10.3. The van der Waals surface area contributed by atoms with Crippen LogP contribution in [0.2, 0.25) is 0 Å². The second kappa shape index (κ2) is 7.58. The van der Waals surface area contributed by atoms with Gasteiger partial charge in [-0.15, -0.1) is 4.83 Å². The number of hydrogen-bond acceptors (Lipinski definition) is 6. The summed E-state index contributed by atoms with van der Waals surface area (Å²) < 4.78 is 53.2. The third kappa shape index (κ3) is 4.41. The molecule has 26 heavy (non-hydrogen) atoms. The molecular formula is C16H15FN2O6S. The number of benzene rings is 2. The first-order valence-corrected chi connectivity index (χ1v) is 9.01. The van der Waals surface area contributed by atoms with Crippen LogP contribution in [0.25, 0.3) is 0 Å². The largest absolute Gasteiger partial charge is 0.486 e. The number of sulfonamides is 1. The standard InChI is InChI=1S/C16H15FN2O6S/c17-11-2-1-3-12(8-11)25-10-16(20)18-19-26(21,22)13-4-5-14-15(9-13)24-7-6-23-14/h1-5,8-9,19H,6-7,10H2,(H,18,20). The number of nitrogens with one attached hydrogen (secondary N) is 2. The molecule has 1 aliphatic heterocycles. The lowest BCUT2D eigenvalue weighted by Crippen LogP contribution is -2.43. The first kappa shape index (κ1) is 18.0. The summed E-state index contributed by atoms with van der Waals surface area (Å²) in [4.78, 5) is 13.6. The van der Waals surface area contributed by atoms with E-state index in [9.17, 15) is 17.6 Å². The quantitative estimate of drug-likeness (QED) is 0.722. The summed E-state index contributed by atoms with van der Waals surface area (Å²) in [5.41, 5.74) is 2.02. The number of amides is 1. The second-order valence-electron chi connectivity index (χ2n) is 5.21. The summed E-state index contributed by atoms with van der Waals surface area (Å²) >= 11 is 0. The van der Waals surface area contributed by atoms with Crippen LogP contribution < -0.4 is 24.5 Å². The maximum atomic E-state index is 13.0. The molecule has 2 aromatic carbocycles. The Kier molecular flexibility index (Phi) is 5.24. The summed E-state index contributed by atoms with van der Waals surface area (Å²) in [6.07, 6.45) is 0. The summed E-state index contributed by atoms with van der Waals surface area (Å²) in [6.45, 7) is 0.212. The highest BCUT2D eigenvalue weighted by molar-refractivity contribution is 7.89. The molecule has 0 radical (unpaired) electrons. The van der Waals surface area contributed by atoms with Crippen LogP contribution in [0.4, 0.5) is 4.39 Å². The van der Waals surface area contributed by atoms with Crippen LogP contribution >= 0.6 is 0 Å². The van der Waals surface area contributed by atoms with Gasteiger partial charge in [0.05, 0.1) is 4.90 Å². The summed E-state index contributed by atoms with van der Waals surface area (Å²) in [5.74, 6) is -0.366. The lowest BCUT2D eigenvalue weighted by molar-refractivity contribution is -0.123. The van der Waals surface area contributed by atoms with Gasteiger partial charge < -0.3 is 14.2 Å². The lowest BCUT2D eigenvalue weighted by Gasteiger charge is -2.19. The second-order valence-corrected chi connectivity index (χ2v) is 6.89. The number of rotatable bonds is 6. The van der Waals surface area contributed by atoms with E-state index in [0.29, 0.717) is 24.7 Å². The molecule has 0 aliphatic carbocycles. The highest BCUT2D eigenvalue weighted by Gasteiger charge is 2.20. The Labute approximate surface area is 148 Å². The summed E-state index contributed by atoms with van der Waals surface area (Å²) in [6, 6.07) is 9.32. The van der Waals surface area contributed by atoms with Gasteiger partial charge in [-0.2, -0.15) is 0 Å². The van der Waals surface area contributed by atoms with E-state index in [2.05, 4.69) is 0 Å². The molecule has 2 N–H and O–H groups in total. The third-order valence-electron chi connectivity index (χ3n) is 3.31. The van der Waals surface area contributed by atoms with Gasteiger partial charge in [0, 0.05) is 12.1 Å². The number of carbonyl (C=O) groups excluding carboxylic acids is 1. The normalized spacial score (nSPS) is 13.1. The number of hydrogen-bond donors (Lipinski definition) is 2. The topological polar surface area (TPSA) is 103 Å². The molecule has 0 bridgehead atoms. The summed E-state index contributed by atoms with van der Waals surface area (Å²) in [5, 5.41) is 0. The van der Waals surface area contributed by atoms with E-state index in [0.717, 1.165) is 6.07 Å². The van der Waals surface area contributed by atoms with Gasteiger partial charge in [0.2, 0.25) is 0 Å². The van der Waals surface area contributed by atoms with Crippen molar-refractivity contribution in [3.63, 3.8) is 0 Å². The molecule has 1 heterocycles. The fourth-order valence-electron chi connectivity index (χ4n) is 2.12. The maximum Gasteiger partial charge on any atom is 0.272 e. The SMILES string of the molecule is O=C(COc1cccc(F)c1)NNS(=O)(=O)c1ccc2c(c1)OCCO2. The minimum Gasteiger partial charge on any atom is -0.486 e. The van der Waals surface area contributed by atoms with Crippen LogP contribution in [0.3, 0.4) is 0 Å². The monoisotopic (exact) mass is 382 g/mol. The highest BCUT2D eigenvalue weighted by atomic mass is 32.2. The molecule has 1 aliphatic rings. The predicted octanol–water partition coefficient (Wildman–Crippen LogP) is 0.985. The van der Waals surface area contributed by atoms with Crippen LogP contribution in [0.5, 0.6) is 17.2 Å². The van der Waals surface area contributed by atoms with E-state index in [-0.39, 0.29) is 10.6 Å². The Bertz CT molecular complexity index is 919. The van der Waals surface area contributed by atoms with Crippen molar-refractivity contribution < 1.29 is 31.8 Å². The van der Waals surface area contributed by atoms with Crippen LogP contribution in [0.15, 0.2) is 47.4 Å². The summed E-state index contributed by atoms with van der Waals surface area (Å²) in [7, 11) is -4.01. The Hall–Kier alpha value is -2.85. The Morgan fingerprint density at radius 2 is 1.88 bits per heavy atom. The van der Waals surface area contributed by atoms with E-state index < -0.39 is 28.4 Å².